The molecule has 2 heterocycles. The van der Waals surface area contributed by atoms with Crippen LogP contribution in [-0.4, -0.2) is 107 Å². The molecule has 11 aromatic rings. The number of aliphatic carboxylic acids is 1. The molecule has 21 heteroatoms. The number of benzene rings is 9. The lowest BCUT2D eigenvalue weighted by molar-refractivity contribution is -0.139. The first-order valence-electron chi connectivity index (χ1n) is 38.8. The Kier molecular flexibility index (Phi) is 36.2. The van der Waals surface area contributed by atoms with Crippen LogP contribution < -0.4 is 28.4 Å². The van der Waals surface area contributed by atoms with Crippen LogP contribution in [0, 0.1) is 5.92 Å². The fourth-order valence-corrected chi connectivity index (χ4v) is 13.6. The molecule has 600 valence electrons. The van der Waals surface area contributed by atoms with Gasteiger partial charge < -0.3 is 48.6 Å². The zero-order valence-corrected chi connectivity index (χ0v) is 67.2. The van der Waals surface area contributed by atoms with Gasteiger partial charge in [0.15, 0.2) is 29.6 Å². The number of pyridine rings is 2. The molecule has 2 aromatic heterocycles. The Hall–Kier alpha value is -11.7. The van der Waals surface area contributed by atoms with Crippen LogP contribution in [0.2, 0.25) is 5.02 Å². The van der Waals surface area contributed by atoms with E-state index in [9.17, 15) is 37.8 Å². The fraction of sp³-hybridized carbons (Fsp3) is 0.277. The smallest absolute Gasteiger partial charge is 0.341 e. The third-order valence-electron chi connectivity index (χ3n) is 18.6. The van der Waals surface area contributed by atoms with Crippen LogP contribution in [0.15, 0.2) is 284 Å². The fourth-order valence-electron chi connectivity index (χ4n) is 12.5. The van der Waals surface area contributed by atoms with Crippen LogP contribution in [-0.2, 0) is 101 Å². The Labute approximate surface area is 681 Å². The van der Waals surface area contributed by atoms with Gasteiger partial charge in [-0.25, -0.2) is 17.9 Å². The zero-order chi connectivity index (χ0) is 81.3. The summed E-state index contributed by atoms with van der Waals surface area (Å²) in [5, 5.41) is 19.6. The molecule has 0 aliphatic rings. The van der Waals surface area contributed by atoms with E-state index in [0.29, 0.717) is 112 Å². The minimum atomic E-state index is -3.72. The van der Waals surface area contributed by atoms with Gasteiger partial charge in [-0.1, -0.05) is 207 Å². The summed E-state index contributed by atoms with van der Waals surface area (Å²) in [7, 11) is -2.15. The van der Waals surface area contributed by atoms with Crippen LogP contribution in [0.1, 0.15) is 114 Å². The lowest BCUT2D eigenvalue weighted by Gasteiger charge is -2.25. The summed E-state index contributed by atoms with van der Waals surface area (Å²) >= 11 is 5.85. The number of nitrogens with one attached hydrogen (secondary N) is 1. The van der Waals surface area contributed by atoms with Gasteiger partial charge in [-0.15, -0.1) is 0 Å². The van der Waals surface area contributed by atoms with E-state index < -0.39 is 22.6 Å². The second-order valence-electron chi connectivity index (χ2n) is 27.8. The lowest BCUT2D eigenvalue weighted by atomic mass is 10.1. The van der Waals surface area contributed by atoms with Crippen LogP contribution >= 0.6 is 11.6 Å². The minimum Gasteiger partial charge on any atom is -0.493 e. The van der Waals surface area contributed by atoms with E-state index in [-0.39, 0.29) is 48.2 Å². The van der Waals surface area contributed by atoms with Gasteiger partial charge in [-0.3, -0.25) is 24.4 Å². The Morgan fingerprint density at radius 3 is 1.27 bits per heavy atom. The van der Waals surface area contributed by atoms with Crippen molar-refractivity contribution in [2.45, 2.75) is 129 Å². The number of sulfonamides is 1. The number of aliphatic hydroxyl groups excluding tert-OH is 1. The number of halogens is 1. The average Bonchev–Trinajstić information content (AvgIpc) is 0.852. The van der Waals surface area contributed by atoms with E-state index in [1.54, 1.807) is 36.5 Å². The number of aryl methyl sites for hydroxylation is 2. The number of aromatic nitrogens is 2. The second kappa shape index (κ2) is 47.7. The highest BCUT2D eigenvalue weighted by atomic mass is 35.5. The van der Waals surface area contributed by atoms with Gasteiger partial charge in [0.25, 0.3) is 0 Å². The number of carboxylic acid groups (broad SMARTS) is 1. The van der Waals surface area contributed by atoms with Crippen molar-refractivity contribution in [1.29, 1.82) is 0 Å². The average molecular weight is 1590 g/mol. The van der Waals surface area contributed by atoms with E-state index in [2.05, 4.69) is 51.1 Å². The van der Waals surface area contributed by atoms with Gasteiger partial charge >= 0.3 is 5.97 Å². The van der Waals surface area contributed by atoms with Crippen LogP contribution in [0.25, 0.3) is 0 Å². The lowest BCUT2D eigenvalue weighted by Crippen LogP contribution is -2.40. The van der Waals surface area contributed by atoms with Crippen molar-refractivity contribution in [3.05, 3.63) is 346 Å². The van der Waals surface area contributed by atoms with E-state index in [1.807, 2.05) is 218 Å². The first-order valence-corrected chi connectivity index (χ1v) is 40.7. The number of ether oxygens (including phenoxy) is 5. The summed E-state index contributed by atoms with van der Waals surface area (Å²) in [6.45, 7) is 6.71. The Morgan fingerprint density at radius 2 is 0.843 bits per heavy atom. The molecule has 0 radical (unpaired) electrons. The SMILES string of the molecule is COc1cc(CN(CCNS(=O)(=O)c2ccc(Cl)cc2)C(=O)C(C)C)ccc1OCc1ccccc1.O=C(CCCCc1ccccc1)N(CCc1ccccn1)Cc1ccc(OCc2ccccc2)c(CO)c1.O=C(O)COc1cc(CN(CCc2ccccn2)C(=O)CCCCc2ccccc2)ccc1OCc1ccccc1. The largest absolute Gasteiger partial charge is 0.493 e. The standard InChI is InChI=1S/C34H36N2O5.C33H36N2O3.C27H31ClN2O5S/c37-33(17-8-7-13-27-11-3-1-4-12-27)36(22-20-30-16-9-10-21-35-30)24-29-18-19-31(32(23-29)41-26-34(38)39)40-25-28-14-5-2-6-15-28;36-25-30-23-29(18-19-32(30)38-26-28-14-5-2-6-15-28)24-35(22-20-31-16-9-10-21-34-31)33(37)17-8-7-13-27-11-3-1-4-12-27;1-20(2)27(31)30(16-15-29-36(32,33)24-12-10-23(28)11-13-24)18-22-9-14-25(26(17-22)34-3)35-19-21-7-5-4-6-8-21/h1-6,9-12,14-16,18-19,21,23H,7-8,13,17,20,22,24-26H2,(H,38,39);1-6,9-12,14-16,18-19,21,23,36H,7-8,13,17,20,22,24-26H2;4-14,17,20,29H,15-16,18-19H2,1-3H3. The Morgan fingerprint density at radius 1 is 0.435 bits per heavy atom. The molecule has 0 aliphatic carbocycles. The number of hydrogen-bond acceptors (Lipinski definition) is 14. The van der Waals surface area contributed by atoms with E-state index in [1.165, 1.54) is 35.4 Å². The van der Waals surface area contributed by atoms with Crippen LogP contribution in [0.4, 0.5) is 0 Å². The normalized spacial score (nSPS) is 10.9. The third-order valence-corrected chi connectivity index (χ3v) is 20.4. The predicted molar refractivity (Wildman–Crippen MR) is 449 cm³/mol. The molecule has 3 N–H and O–H groups in total. The van der Waals surface area contributed by atoms with Crippen LogP contribution in [0.5, 0.6) is 28.7 Å². The summed E-state index contributed by atoms with van der Waals surface area (Å²) in [4.78, 5) is 65.1. The van der Waals surface area contributed by atoms with E-state index in [4.69, 9.17) is 35.3 Å². The molecule has 11 rings (SSSR count). The van der Waals surface area contributed by atoms with Gasteiger partial charge in [-0.05, 0) is 168 Å². The number of nitrogens with zero attached hydrogens (tertiary/aromatic N) is 5. The minimum absolute atomic E-state index is 0.0683. The maximum absolute atomic E-state index is 13.4. The maximum Gasteiger partial charge on any atom is 0.341 e. The highest BCUT2D eigenvalue weighted by Crippen LogP contribution is 2.32. The Bertz CT molecular complexity index is 4830. The molecule has 9 aromatic carbocycles. The molecule has 0 bridgehead atoms. The van der Waals surface area contributed by atoms with Gasteiger partial charge in [0.1, 0.15) is 25.6 Å². The number of methoxy groups -OCH3 is 1. The summed E-state index contributed by atoms with van der Waals surface area (Å²) in [5.41, 5.74) is 10.9. The van der Waals surface area contributed by atoms with Crippen molar-refractivity contribution in [3.63, 3.8) is 0 Å². The van der Waals surface area contributed by atoms with E-state index in [0.717, 1.165) is 88.9 Å². The monoisotopic (exact) mass is 1590 g/mol. The molecule has 0 saturated heterocycles. The molecule has 0 atom stereocenters. The topological polar surface area (TPSA) is 237 Å². The van der Waals surface area contributed by atoms with Gasteiger partial charge in [0.05, 0.1) is 18.6 Å². The van der Waals surface area contributed by atoms with Gasteiger partial charge in [0, 0.05) is 112 Å². The number of carbonyl (C=O) groups excluding carboxylic acids is 3. The number of hydrogen-bond donors (Lipinski definition) is 3. The molecular weight excluding hydrogens is 1490 g/mol. The number of rotatable bonds is 42. The summed E-state index contributed by atoms with van der Waals surface area (Å²) in [5.74, 6) is 1.42. The number of unbranched alkanes of at least 4 members (excludes halogenated alkanes) is 2. The van der Waals surface area contributed by atoms with Crippen molar-refractivity contribution in [3.8, 4) is 28.7 Å². The van der Waals surface area contributed by atoms with Crippen molar-refractivity contribution >= 4 is 45.3 Å². The van der Waals surface area contributed by atoms with Crippen LogP contribution in [0.3, 0.4) is 0 Å². The highest BCUT2D eigenvalue weighted by Gasteiger charge is 2.23. The Balaban J connectivity index is 0.000000198. The molecule has 3 amide bonds. The zero-order valence-electron chi connectivity index (χ0n) is 65.6. The van der Waals surface area contributed by atoms with E-state index >= 15 is 0 Å². The molecule has 0 aliphatic heterocycles. The van der Waals surface area contributed by atoms with Crippen molar-refractivity contribution in [2.24, 2.45) is 5.92 Å². The predicted octanol–water partition coefficient (Wildman–Crippen LogP) is 17.1. The number of amides is 3. The molecule has 0 saturated carbocycles. The maximum atomic E-state index is 13.4. The number of carboxylic acids is 1. The van der Waals surface area contributed by atoms with Crippen molar-refractivity contribution in [2.75, 3.05) is 39.9 Å². The summed E-state index contributed by atoms with van der Waals surface area (Å²) in [6, 6.07) is 84.5. The first kappa shape index (κ1) is 87.3. The molecule has 115 heavy (non-hydrogen) atoms. The number of aliphatic hydroxyl groups is 1. The van der Waals surface area contributed by atoms with Gasteiger partial charge in [0.2, 0.25) is 27.7 Å². The van der Waals surface area contributed by atoms with Crippen molar-refractivity contribution < 1.29 is 61.5 Å². The third kappa shape index (κ3) is 31.0. The van der Waals surface area contributed by atoms with Gasteiger partial charge in [-0.2, -0.15) is 0 Å². The van der Waals surface area contributed by atoms with Crippen molar-refractivity contribution in [1.82, 2.24) is 29.4 Å². The molecule has 19 nitrogen and oxygen atoms in total. The second-order valence-corrected chi connectivity index (χ2v) is 30.0. The summed E-state index contributed by atoms with van der Waals surface area (Å²) < 4.78 is 56.7. The molecule has 0 unspecified atom stereocenters. The molecule has 0 fully saturated rings. The molecule has 0 spiro atoms. The highest BCUT2D eigenvalue weighted by molar-refractivity contribution is 7.89. The quantitative estimate of drug-likeness (QED) is 0.0302. The first-order chi connectivity index (χ1) is 56.0. The number of carbonyl (C=O) groups is 4. The summed E-state index contributed by atoms with van der Waals surface area (Å²) in [6.07, 6.45) is 11.3. The molecular formula is C94H103ClN6O13S.